The fraction of sp³-hybridized carbons (Fsp3) is 0.417. The van der Waals surface area contributed by atoms with Crippen LogP contribution < -0.4 is 10.6 Å². The van der Waals surface area contributed by atoms with Crippen molar-refractivity contribution in [1.29, 1.82) is 0 Å². The molecule has 0 saturated heterocycles. The zero-order chi connectivity index (χ0) is 12.0. The first-order chi connectivity index (χ1) is 7.61. The largest absolute Gasteiger partial charge is 0.388 e. The summed E-state index contributed by atoms with van der Waals surface area (Å²) >= 11 is 0. The molecule has 0 saturated carbocycles. The van der Waals surface area contributed by atoms with Gasteiger partial charge < -0.3 is 15.5 Å². The number of carbonyl (C=O) groups excluding carboxylic acids is 1. The Morgan fingerprint density at radius 2 is 1.75 bits per heavy atom. The van der Waals surface area contributed by atoms with E-state index in [1.54, 1.807) is 0 Å². The van der Waals surface area contributed by atoms with Crippen LogP contribution in [-0.4, -0.2) is 38.5 Å². The van der Waals surface area contributed by atoms with E-state index in [1.165, 1.54) is 0 Å². The lowest BCUT2D eigenvalue weighted by Gasteiger charge is -2.10. The molecule has 0 bridgehead atoms. The number of hydrogen-bond acceptors (Lipinski definition) is 3. The first-order valence-corrected chi connectivity index (χ1v) is 5.34. The van der Waals surface area contributed by atoms with E-state index in [-0.39, 0.29) is 5.91 Å². The predicted molar refractivity (Wildman–Crippen MR) is 67.8 cm³/mol. The summed E-state index contributed by atoms with van der Waals surface area (Å²) in [6.07, 6.45) is 0.515. The van der Waals surface area contributed by atoms with Crippen LogP contribution >= 0.6 is 0 Å². The number of nitrogens with zero attached hydrogens (tertiary/aromatic N) is 1. The summed E-state index contributed by atoms with van der Waals surface area (Å²) in [5, 5.41) is 5.88. The van der Waals surface area contributed by atoms with Gasteiger partial charge in [0.25, 0.3) is 0 Å². The molecule has 0 aliphatic rings. The third-order valence-electron chi connectivity index (χ3n) is 2.24. The van der Waals surface area contributed by atoms with E-state index in [9.17, 15) is 4.79 Å². The second-order valence-corrected chi connectivity index (χ2v) is 3.93. The van der Waals surface area contributed by atoms with Crippen LogP contribution in [0.3, 0.4) is 0 Å². The highest BCUT2D eigenvalue weighted by Crippen LogP contribution is 2.12. The molecule has 0 heterocycles. The van der Waals surface area contributed by atoms with Gasteiger partial charge in [0.1, 0.15) is 0 Å². The van der Waals surface area contributed by atoms with Crippen molar-refractivity contribution in [2.45, 2.75) is 6.42 Å². The third kappa shape index (κ3) is 4.31. The lowest BCUT2D eigenvalue weighted by molar-refractivity contribution is -0.116. The summed E-state index contributed by atoms with van der Waals surface area (Å²) in [6.45, 7) is 0.764. The summed E-state index contributed by atoms with van der Waals surface area (Å²) < 4.78 is 0. The van der Waals surface area contributed by atoms with Gasteiger partial charge in [-0.05, 0) is 38.4 Å². The highest BCUT2D eigenvalue weighted by Gasteiger charge is 2.02. The minimum Gasteiger partial charge on any atom is -0.388 e. The third-order valence-corrected chi connectivity index (χ3v) is 2.24. The van der Waals surface area contributed by atoms with E-state index in [2.05, 4.69) is 10.6 Å². The number of anilines is 2. The summed E-state index contributed by atoms with van der Waals surface area (Å²) in [6, 6.07) is 7.64. The molecule has 88 valence electrons. The van der Waals surface area contributed by atoms with Gasteiger partial charge in [-0.2, -0.15) is 0 Å². The van der Waals surface area contributed by atoms with Crippen LogP contribution in [0.15, 0.2) is 24.3 Å². The van der Waals surface area contributed by atoms with Crippen LogP contribution in [0.2, 0.25) is 0 Å². The normalized spacial score (nSPS) is 10.2. The van der Waals surface area contributed by atoms with Crippen molar-refractivity contribution in [2.24, 2.45) is 0 Å². The molecular formula is C12H19N3O. The first-order valence-electron chi connectivity index (χ1n) is 5.34. The second kappa shape index (κ2) is 6.12. The van der Waals surface area contributed by atoms with Crippen molar-refractivity contribution < 1.29 is 4.79 Å². The number of amides is 1. The Kier molecular flexibility index (Phi) is 4.79. The van der Waals surface area contributed by atoms with E-state index in [0.717, 1.165) is 17.9 Å². The van der Waals surface area contributed by atoms with Gasteiger partial charge in [-0.1, -0.05) is 0 Å². The molecule has 1 amide bonds. The van der Waals surface area contributed by atoms with Crippen molar-refractivity contribution in [3.8, 4) is 0 Å². The standard InChI is InChI=1S/C12H19N3O/c1-13-10-4-6-11(7-5-10)14-12(16)8-9-15(2)3/h4-7,13H,8-9H2,1-3H3,(H,14,16). The maximum atomic E-state index is 11.5. The van der Waals surface area contributed by atoms with Crippen LogP contribution in [0.4, 0.5) is 11.4 Å². The highest BCUT2D eigenvalue weighted by molar-refractivity contribution is 5.90. The van der Waals surface area contributed by atoms with Gasteiger partial charge in [-0.25, -0.2) is 0 Å². The number of carbonyl (C=O) groups is 1. The molecular weight excluding hydrogens is 202 g/mol. The molecule has 1 aromatic rings. The molecule has 1 rings (SSSR count). The van der Waals surface area contributed by atoms with Crippen molar-refractivity contribution in [2.75, 3.05) is 38.3 Å². The molecule has 0 unspecified atom stereocenters. The molecule has 0 atom stereocenters. The fourth-order valence-electron chi connectivity index (χ4n) is 1.27. The number of nitrogens with one attached hydrogen (secondary N) is 2. The van der Waals surface area contributed by atoms with E-state index < -0.39 is 0 Å². The average Bonchev–Trinajstić information content (AvgIpc) is 2.27. The summed E-state index contributed by atoms with van der Waals surface area (Å²) in [4.78, 5) is 13.5. The van der Waals surface area contributed by atoms with E-state index in [1.807, 2.05) is 50.3 Å². The molecule has 0 aliphatic carbocycles. The van der Waals surface area contributed by atoms with Gasteiger partial charge in [0.05, 0.1) is 0 Å². The Morgan fingerprint density at radius 1 is 1.19 bits per heavy atom. The molecule has 16 heavy (non-hydrogen) atoms. The van der Waals surface area contributed by atoms with Crippen molar-refractivity contribution in [3.05, 3.63) is 24.3 Å². The molecule has 2 N–H and O–H groups in total. The summed E-state index contributed by atoms with van der Waals surface area (Å²) in [7, 11) is 5.77. The van der Waals surface area contributed by atoms with Crippen LogP contribution in [0, 0.1) is 0 Å². The first kappa shape index (κ1) is 12.5. The highest BCUT2D eigenvalue weighted by atomic mass is 16.1. The van der Waals surface area contributed by atoms with Crippen LogP contribution in [-0.2, 0) is 4.79 Å². The topological polar surface area (TPSA) is 44.4 Å². The minimum absolute atomic E-state index is 0.0471. The van der Waals surface area contributed by atoms with Crippen LogP contribution in [0.1, 0.15) is 6.42 Å². The fourth-order valence-corrected chi connectivity index (χ4v) is 1.27. The molecule has 0 spiro atoms. The van der Waals surface area contributed by atoms with E-state index in [4.69, 9.17) is 0 Å². The Hall–Kier alpha value is -1.55. The smallest absolute Gasteiger partial charge is 0.225 e. The number of benzene rings is 1. The van der Waals surface area contributed by atoms with Gasteiger partial charge in [0, 0.05) is 31.4 Å². The average molecular weight is 221 g/mol. The number of rotatable bonds is 5. The molecule has 0 aromatic heterocycles. The van der Waals surface area contributed by atoms with E-state index >= 15 is 0 Å². The van der Waals surface area contributed by atoms with Crippen molar-refractivity contribution in [3.63, 3.8) is 0 Å². The van der Waals surface area contributed by atoms with Gasteiger partial charge in [0.2, 0.25) is 5.91 Å². The molecule has 1 aromatic carbocycles. The van der Waals surface area contributed by atoms with Crippen molar-refractivity contribution in [1.82, 2.24) is 4.90 Å². The molecule has 0 fully saturated rings. The van der Waals surface area contributed by atoms with Gasteiger partial charge in [0.15, 0.2) is 0 Å². The Labute approximate surface area is 96.6 Å². The quantitative estimate of drug-likeness (QED) is 0.794. The maximum absolute atomic E-state index is 11.5. The van der Waals surface area contributed by atoms with Gasteiger partial charge in [-0.15, -0.1) is 0 Å². The zero-order valence-electron chi connectivity index (χ0n) is 10.1. The SMILES string of the molecule is CNc1ccc(NC(=O)CCN(C)C)cc1. The van der Waals surface area contributed by atoms with E-state index in [0.29, 0.717) is 6.42 Å². The summed E-state index contributed by atoms with van der Waals surface area (Å²) in [5.41, 5.74) is 1.87. The van der Waals surface area contributed by atoms with Crippen LogP contribution in [0.5, 0.6) is 0 Å². The van der Waals surface area contributed by atoms with Gasteiger partial charge in [-0.3, -0.25) is 4.79 Å². The molecule has 4 nitrogen and oxygen atoms in total. The van der Waals surface area contributed by atoms with Crippen LogP contribution in [0.25, 0.3) is 0 Å². The molecule has 4 heteroatoms. The number of hydrogen-bond donors (Lipinski definition) is 2. The van der Waals surface area contributed by atoms with Gasteiger partial charge >= 0.3 is 0 Å². The Morgan fingerprint density at radius 3 is 2.25 bits per heavy atom. The monoisotopic (exact) mass is 221 g/mol. The summed E-state index contributed by atoms with van der Waals surface area (Å²) in [5.74, 6) is 0.0471. The Bertz CT molecular complexity index is 333. The molecule has 0 radical (unpaired) electrons. The Balaban J connectivity index is 2.43. The second-order valence-electron chi connectivity index (χ2n) is 3.93. The zero-order valence-corrected chi connectivity index (χ0v) is 10.1. The lowest BCUT2D eigenvalue weighted by Crippen LogP contribution is -2.20. The molecule has 0 aliphatic heterocycles. The predicted octanol–water partition coefficient (Wildman–Crippen LogP) is 1.62. The minimum atomic E-state index is 0.0471. The lowest BCUT2D eigenvalue weighted by atomic mass is 10.2. The maximum Gasteiger partial charge on any atom is 0.225 e. The van der Waals surface area contributed by atoms with Crippen molar-refractivity contribution >= 4 is 17.3 Å².